The van der Waals surface area contributed by atoms with Crippen LogP contribution in [0.15, 0.2) is 81.2 Å². The maximum atomic E-state index is 16.5. The van der Waals surface area contributed by atoms with E-state index >= 15 is 9.18 Å². The Labute approximate surface area is 389 Å². The molecule has 0 unspecified atom stereocenters. The quantitative estimate of drug-likeness (QED) is 0.158. The van der Waals surface area contributed by atoms with Crippen LogP contribution in [0.1, 0.15) is 128 Å². The van der Waals surface area contributed by atoms with Crippen LogP contribution in [-0.2, 0) is 16.7 Å². The first-order valence-corrected chi connectivity index (χ1v) is 23.4. The number of nitrogens with zero attached hydrogens (tertiary/aromatic N) is 10. The van der Waals surface area contributed by atoms with Crippen molar-refractivity contribution in [3.63, 3.8) is 0 Å². The van der Waals surface area contributed by atoms with Crippen molar-refractivity contribution in [2.45, 2.75) is 109 Å². The molecule has 7 heterocycles. The fourth-order valence-electron chi connectivity index (χ4n) is 11.5. The topological polar surface area (TPSA) is 180 Å². The zero-order valence-electron chi connectivity index (χ0n) is 38.7. The standard InChI is InChI=1S/C51H50FN11O5/c1-27-19-35(20-28(2)36(27)25-53)63-45(60-17-16-59(49(60)66)41-12-11-40-37(44(41)52)26-54-62(40)34-8-9-34)43-30(4)58(15-13-38(43)56-63)46(64)42-22-33-21-31(32-14-18-67-50(5,6)24-32)7-10-39(33)61(42)51(23-29(51)3)47-55-48(65)68-57-47/h7,10-12,16-17,19-22,26,29-30,32,34H,8-9,13-15,18,23-24H2,1-6H3,(H,55,57,65)/t29-,30-,32-,51-/m0/s1. The molecule has 1 N–H and O–H groups in total. The summed E-state index contributed by atoms with van der Waals surface area (Å²) in [6.07, 6.45) is 9.39. The van der Waals surface area contributed by atoms with Gasteiger partial charge in [-0.05, 0) is 138 Å². The first-order valence-electron chi connectivity index (χ1n) is 23.4. The Kier molecular flexibility index (Phi) is 9.18. The van der Waals surface area contributed by atoms with E-state index in [9.17, 15) is 14.9 Å². The monoisotopic (exact) mass is 915 g/mol. The number of hydrogen-bond donors (Lipinski definition) is 1. The molecule has 0 bridgehead atoms. The SMILES string of the molecule is Cc1cc(-n2nc3c(c2-n2ccn(-c4ccc5c(cnn5C5CC5)c4F)c2=O)[C@H](C)N(C(=O)c2cc4cc([C@H]5CCOC(C)(C)C5)ccc4n2[C@@]2(c4noc(=O)[nH]4)C[C@@H]2C)CC3)cc(C)c1C#N. The van der Waals surface area contributed by atoms with Crippen LogP contribution in [0.5, 0.6) is 0 Å². The minimum Gasteiger partial charge on any atom is -0.376 e. The Morgan fingerprint density at radius 3 is 2.41 bits per heavy atom. The van der Waals surface area contributed by atoms with Crippen LogP contribution < -0.4 is 11.4 Å². The molecule has 2 aliphatic heterocycles. The number of rotatable bonds is 8. The number of nitriles is 1. The van der Waals surface area contributed by atoms with Gasteiger partial charge in [-0.1, -0.05) is 18.1 Å². The van der Waals surface area contributed by atoms with Crippen LogP contribution in [0.3, 0.4) is 0 Å². The van der Waals surface area contributed by atoms with Crippen molar-refractivity contribution in [1.29, 1.82) is 5.26 Å². The molecular formula is C51H50FN11O5. The van der Waals surface area contributed by atoms with Gasteiger partial charge >= 0.3 is 11.4 Å². The number of carbonyl (C=O) groups is 1. The van der Waals surface area contributed by atoms with Gasteiger partial charge in [-0.15, -0.1) is 0 Å². The summed E-state index contributed by atoms with van der Waals surface area (Å²) in [6, 6.07) is 17.4. The molecule has 0 spiro atoms. The summed E-state index contributed by atoms with van der Waals surface area (Å²) < 4.78 is 36.0. The van der Waals surface area contributed by atoms with Gasteiger partial charge in [-0.2, -0.15) is 15.5 Å². The number of benzene rings is 3. The minimum absolute atomic E-state index is 0.00626. The molecular weight excluding hydrogens is 866 g/mol. The third kappa shape index (κ3) is 6.25. The molecule has 0 radical (unpaired) electrons. The predicted octanol–water partition coefficient (Wildman–Crippen LogP) is 7.97. The molecule has 4 atom stereocenters. The fraction of sp³-hybridized carbons (Fsp3) is 0.392. The van der Waals surface area contributed by atoms with Crippen molar-refractivity contribution in [3.8, 4) is 23.3 Å². The number of H-pyrrole nitrogens is 1. The lowest BCUT2D eigenvalue weighted by Gasteiger charge is -2.35. The highest BCUT2D eigenvalue weighted by Crippen LogP contribution is 2.56. The summed E-state index contributed by atoms with van der Waals surface area (Å²) in [6.45, 7) is 13.0. The Hall–Kier alpha value is -7.32. The molecule has 68 heavy (non-hydrogen) atoms. The van der Waals surface area contributed by atoms with E-state index in [1.807, 2.05) is 53.1 Å². The van der Waals surface area contributed by atoms with Gasteiger partial charge in [0.15, 0.2) is 11.6 Å². The van der Waals surface area contributed by atoms with E-state index in [0.29, 0.717) is 76.7 Å². The Morgan fingerprint density at radius 1 is 0.971 bits per heavy atom. The summed E-state index contributed by atoms with van der Waals surface area (Å²) in [5.74, 6) is -0.422. The molecule has 4 aliphatic rings. The number of fused-ring (bicyclic) bond motifs is 3. The molecule has 5 aromatic heterocycles. The van der Waals surface area contributed by atoms with Crippen molar-refractivity contribution in [3.05, 3.63) is 139 Å². The van der Waals surface area contributed by atoms with Gasteiger partial charge in [0.25, 0.3) is 5.91 Å². The van der Waals surface area contributed by atoms with Crippen LogP contribution in [-0.4, -0.2) is 73.0 Å². The number of halogens is 1. The van der Waals surface area contributed by atoms with Gasteiger partial charge in [-0.3, -0.25) is 28.1 Å². The first-order chi connectivity index (χ1) is 32.7. The van der Waals surface area contributed by atoms with Crippen LogP contribution in [0.25, 0.3) is 39.0 Å². The number of aryl methyl sites for hydroxylation is 2. The summed E-state index contributed by atoms with van der Waals surface area (Å²) >= 11 is 0. The minimum atomic E-state index is -0.849. The zero-order valence-corrected chi connectivity index (χ0v) is 38.7. The van der Waals surface area contributed by atoms with Crippen LogP contribution in [0.4, 0.5) is 4.39 Å². The molecule has 346 valence electrons. The van der Waals surface area contributed by atoms with E-state index in [0.717, 1.165) is 47.7 Å². The highest BCUT2D eigenvalue weighted by atomic mass is 19.1. The Bertz CT molecular complexity index is 3570. The first kappa shape index (κ1) is 42.1. The maximum Gasteiger partial charge on any atom is 0.438 e. The predicted molar refractivity (Wildman–Crippen MR) is 249 cm³/mol. The molecule has 3 aromatic carbocycles. The summed E-state index contributed by atoms with van der Waals surface area (Å²) in [7, 11) is 0. The van der Waals surface area contributed by atoms with Gasteiger partial charge in [0, 0.05) is 48.4 Å². The third-order valence-corrected chi connectivity index (χ3v) is 15.2. The number of aromatic amines is 1. The molecule has 12 rings (SSSR count). The van der Waals surface area contributed by atoms with Gasteiger partial charge in [-0.25, -0.2) is 18.7 Å². The lowest BCUT2D eigenvalue weighted by atomic mass is 9.83. The fourth-order valence-corrected chi connectivity index (χ4v) is 11.5. The molecule has 8 aromatic rings. The second kappa shape index (κ2) is 14.8. The van der Waals surface area contributed by atoms with E-state index in [-0.39, 0.29) is 35.1 Å². The average molecular weight is 916 g/mol. The summed E-state index contributed by atoms with van der Waals surface area (Å²) in [5, 5.41) is 25.0. The van der Waals surface area contributed by atoms with E-state index in [1.165, 1.54) is 20.9 Å². The summed E-state index contributed by atoms with van der Waals surface area (Å²) in [5.41, 5.74) is 5.58. The number of ether oxygens (including phenoxy) is 1. The number of aromatic nitrogens is 9. The number of carbonyl (C=O) groups excluding carboxylic acids is 1. The van der Waals surface area contributed by atoms with Crippen LogP contribution >= 0.6 is 0 Å². The average Bonchev–Trinajstić information content (AvgIpc) is 3.83. The Balaban J connectivity index is 0.998. The van der Waals surface area contributed by atoms with Gasteiger partial charge in [0.1, 0.15) is 17.1 Å². The van der Waals surface area contributed by atoms with E-state index in [1.54, 1.807) is 29.2 Å². The van der Waals surface area contributed by atoms with Crippen molar-refractivity contribution in [1.82, 2.24) is 48.3 Å². The number of imidazole rings is 1. The Morgan fingerprint density at radius 2 is 1.72 bits per heavy atom. The van der Waals surface area contributed by atoms with E-state index < -0.39 is 28.8 Å². The van der Waals surface area contributed by atoms with Crippen LogP contribution in [0.2, 0.25) is 0 Å². The maximum absolute atomic E-state index is 16.5. The molecule has 3 fully saturated rings. The summed E-state index contributed by atoms with van der Waals surface area (Å²) in [4.78, 5) is 47.6. The number of amides is 1. The molecule has 1 saturated heterocycles. The molecule has 1 amide bonds. The molecule has 2 saturated carbocycles. The van der Waals surface area contributed by atoms with Crippen molar-refractivity contribution in [2.75, 3.05) is 13.2 Å². The highest BCUT2D eigenvalue weighted by Gasteiger charge is 2.59. The van der Waals surface area contributed by atoms with Crippen molar-refractivity contribution < 1.29 is 18.4 Å². The van der Waals surface area contributed by atoms with Crippen LogP contribution in [0, 0.1) is 36.9 Å². The molecule has 2 aliphatic carbocycles. The molecule has 17 heteroatoms. The van der Waals surface area contributed by atoms with Crippen molar-refractivity contribution in [2.24, 2.45) is 5.92 Å². The van der Waals surface area contributed by atoms with Crippen molar-refractivity contribution >= 4 is 27.7 Å². The number of hydrogen-bond acceptors (Lipinski definition) is 9. The van der Waals surface area contributed by atoms with Gasteiger partial charge in [0.05, 0.1) is 63.5 Å². The third-order valence-electron chi connectivity index (χ3n) is 15.2. The van der Waals surface area contributed by atoms with Gasteiger partial charge in [0.2, 0.25) is 0 Å². The second-order valence-corrected chi connectivity index (χ2v) is 20.0. The van der Waals surface area contributed by atoms with E-state index in [4.69, 9.17) is 14.4 Å². The zero-order chi connectivity index (χ0) is 47.1. The molecule has 16 nitrogen and oxygen atoms in total. The normalized spacial score (nSPS) is 22.2. The van der Waals surface area contributed by atoms with Gasteiger partial charge < -0.3 is 14.2 Å². The second-order valence-electron chi connectivity index (χ2n) is 20.0. The number of nitrogens with one attached hydrogen (secondary N) is 1. The lowest BCUT2D eigenvalue weighted by Crippen LogP contribution is -2.41. The smallest absolute Gasteiger partial charge is 0.376 e. The largest absolute Gasteiger partial charge is 0.438 e. The highest BCUT2D eigenvalue weighted by molar-refractivity contribution is 6.00. The lowest BCUT2D eigenvalue weighted by molar-refractivity contribution is -0.0592. The van der Waals surface area contributed by atoms with E-state index in [2.05, 4.69) is 60.3 Å².